The molecule has 3 rings (SSSR count). The van der Waals surface area contributed by atoms with Crippen molar-refractivity contribution in [3.8, 4) is 0 Å². The maximum Gasteiger partial charge on any atom is 0.338 e. The molecular formula is C21H25NO7. The average molecular weight is 403 g/mol. The fourth-order valence-electron chi connectivity index (χ4n) is 4.61. The molecule has 0 spiro atoms. The number of hydrogen-bond acceptors (Lipinski definition) is 6. The molecule has 2 fully saturated rings. The maximum absolute atomic E-state index is 12.9. The van der Waals surface area contributed by atoms with Gasteiger partial charge in [-0.3, -0.25) is 9.59 Å². The van der Waals surface area contributed by atoms with E-state index in [1.165, 1.54) is 18.2 Å². The highest BCUT2D eigenvalue weighted by atomic mass is 16.5. The van der Waals surface area contributed by atoms with E-state index in [4.69, 9.17) is 9.47 Å². The standard InChI is InChI=1S/C21H25NO7/c1-3-28-20(26)13-8-14(21(27)29-4-2)10-15(9-13)22-18(23)16-11-5-6-12(7-11)17(16)19(24)25/h8-12,16-17H,3-7H2,1-2H3,(H,22,23)(H,24,25)/t11-,12+,16-,17+/m1/s1. The Kier molecular flexibility index (Phi) is 6.20. The molecule has 1 amide bonds. The molecule has 1 aromatic carbocycles. The summed E-state index contributed by atoms with van der Waals surface area (Å²) in [7, 11) is 0. The molecule has 0 unspecified atom stereocenters. The predicted molar refractivity (Wildman–Crippen MR) is 102 cm³/mol. The quantitative estimate of drug-likeness (QED) is 0.672. The smallest absolute Gasteiger partial charge is 0.338 e. The summed E-state index contributed by atoms with van der Waals surface area (Å²) in [5.74, 6) is -3.87. The molecule has 2 bridgehead atoms. The number of amides is 1. The minimum Gasteiger partial charge on any atom is -0.481 e. The van der Waals surface area contributed by atoms with Crippen molar-refractivity contribution >= 4 is 29.5 Å². The summed E-state index contributed by atoms with van der Waals surface area (Å²) in [6.07, 6.45) is 2.41. The number of hydrogen-bond donors (Lipinski definition) is 2. The molecule has 1 aromatic rings. The lowest BCUT2D eigenvalue weighted by Crippen LogP contribution is -2.37. The highest BCUT2D eigenvalue weighted by Gasteiger charge is 2.54. The van der Waals surface area contributed by atoms with Gasteiger partial charge >= 0.3 is 17.9 Å². The minimum absolute atomic E-state index is 0.0224. The van der Waals surface area contributed by atoms with E-state index in [0.717, 1.165) is 19.3 Å². The average Bonchev–Trinajstić information content (AvgIpc) is 3.29. The van der Waals surface area contributed by atoms with Gasteiger partial charge in [0.05, 0.1) is 36.2 Å². The van der Waals surface area contributed by atoms with Crippen molar-refractivity contribution in [1.82, 2.24) is 0 Å². The van der Waals surface area contributed by atoms with Crippen LogP contribution in [-0.4, -0.2) is 42.1 Å². The number of carbonyl (C=O) groups is 4. The second-order valence-electron chi connectivity index (χ2n) is 7.45. The van der Waals surface area contributed by atoms with Crippen LogP contribution in [0.5, 0.6) is 0 Å². The first kappa shape index (κ1) is 20.8. The Bertz CT molecular complexity index is 798. The topological polar surface area (TPSA) is 119 Å². The molecule has 0 saturated heterocycles. The van der Waals surface area contributed by atoms with Crippen LogP contribution in [0.4, 0.5) is 5.69 Å². The van der Waals surface area contributed by atoms with Crippen LogP contribution in [0.3, 0.4) is 0 Å². The fraction of sp³-hybridized carbons (Fsp3) is 0.524. The summed E-state index contributed by atoms with van der Waals surface area (Å²) in [4.78, 5) is 48.9. The summed E-state index contributed by atoms with van der Waals surface area (Å²) in [6.45, 7) is 3.65. The van der Waals surface area contributed by atoms with E-state index in [1.54, 1.807) is 13.8 Å². The maximum atomic E-state index is 12.9. The molecular weight excluding hydrogens is 378 g/mol. The number of aliphatic carboxylic acids is 1. The number of anilines is 1. The number of carbonyl (C=O) groups excluding carboxylic acids is 3. The van der Waals surface area contributed by atoms with E-state index in [1.807, 2.05) is 0 Å². The lowest BCUT2D eigenvalue weighted by atomic mass is 9.78. The molecule has 8 heteroatoms. The monoisotopic (exact) mass is 403 g/mol. The molecule has 0 radical (unpaired) electrons. The molecule has 29 heavy (non-hydrogen) atoms. The van der Waals surface area contributed by atoms with Gasteiger partial charge in [0, 0.05) is 5.69 Å². The van der Waals surface area contributed by atoms with Crippen molar-refractivity contribution in [3.63, 3.8) is 0 Å². The van der Waals surface area contributed by atoms with Crippen molar-refractivity contribution in [2.75, 3.05) is 18.5 Å². The Balaban J connectivity index is 1.87. The Labute approximate surface area is 168 Å². The molecule has 2 saturated carbocycles. The Morgan fingerprint density at radius 1 is 0.931 bits per heavy atom. The van der Waals surface area contributed by atoms with Gasteiger partial charge in [-0.1, -0.05) is 0 Å². The number of benzene rings is 1. The van der Waals surface area contributed by atoms with Gasteiger partial charge in [0.2, 0.25) is 5.91 Å². The van der Waals surface area contributed by atoms with Gasteiger partial charge < -0.3 is 19.9 Å². The van der Waals surface area contributed by atoms with Crippen LogP contribution in [0.15, 0.2) is 18.2 Å². The zero-order chi connectivity index (χ0) is 21.1. The number of carboxylic acids is 1. The summed E-state index contributed by atoms with van der Waals surface area (Å²) in [6, 6.07) is 4.19. The van der Waals surface area contributed by atoms with Crippen LogP contribution in [0, 0.1) is 23.7 Å². The Morgan fingerprint density at radius 2 is 1.45 bits per heavy atom. The zero-order valence-electron chi connectivity index (χ0n) is 16.5. The molecule has 2 aliphatic carbocycles. The number of ether oxygens (including phenoxy) is 2. The number of nitrogens with one attached hydrogen (secondary N) is 1. The third-order valence-electron chi connectivity index (χ3n) is 5.73. The van der Waals surface area contributed by atoms with E-state index >= 15 is 0 Å². The summed E-state index contributed by atoms with van der Waals surface area (Å²) >= 11 is 0. The lowest BCUT2D eigenvalue weighted by molar-refractivity contribution is -0.148. The summed E-state index contributed by atoms with van der Waals surface area (Å²) in [5.41, 5.74) is 0.446. The first-order valence-electron chi connectivity index (χ1n) is 9.88. The second kappa shape index (κ2) is 8.63. The van der Waals surface area contributed by atoms with E-state index < -0.39 is 35.7 Å². The van der Waals surface area contributed by atoms with Crippen LogP contribution < -0.4 is 5.32 Å². The highest BCUT2D eigenvalue weighted by molar-refractivity contribution is 6.01. The second-order valence-corrected chi connectivity index (χ2v) is 7.45. The van der Waals surface area contributed by atoms with Gasteiger partial charge in [-0.05, 0) is 63.1 Å². The van der Waals surface area contributed by atoms with E-state index in [9.17, 15) is 24.3 Å². The lowest BCUT2D eigenvalue weighted by Gasteiger charge is -2.27. The normalized spacial score (nSPS) is 24.8. The number of carboxylic acid groups (broad SMARTS) is 1. The largest absolute Gasteiger partial charge is 0.481 e. The van der Waals surface area contributed by atoms with Crippen molar-refractivity contribution in [1.29, 1.82) is 0 Å². The highest BCUT2D eigenvalue weighted by Crippen LogP contribution is 2.52. The van der Waals surface area contributed by atoms with E-state index in [-0.39, 0.29) is 41.9 Å². The molecule has 2 N–H and O–H groups in total. The number of fused-ring (bicyclic) bond motifs is 2. The van der Waals surface area contributed by atoms with Crippen LogP contribution in [-0.2, 0) is 19.1 Å². The molecule has 0 aliphatic heterocycles. The summed E-state index contributed by atoms with van der Waals surface area (Å²) < 4.78 is 9.98. The molecule has 2 aliphatic rings. The first-order valence-corrected chi connectivity index (χ1v) is 9.88. The van der Waals surface area contributed by atoms with Gasteiger partial charge in [0.1, 0.15) is 0 Å². The van der Waals surface area contributed by atoms with Crippen LogP contribution in [0.25, 0.3) is 0 Å². The van der Waals surface area contributed by atoms with Crippen molar-refractivity contribution in [2.24, 2.45) is 23.7 Å². The number of esters is 2. The number of rotatable bonds is 7. The molecule has 0 heterocycles. The minimum atomic E-state index is -0.954. The van der Waals surface area contributed by atoms with Gasteiger partial charge in [0.25, 0.3) is 0 Å². The van der Waals surface area contributed by atoms with Gasteiger partial charge in [-0.25, -0.2) is 9.59 Å². The SMILES string of the molecule is CCOC(=O)c1cc(NC(=O)[C@@H]2[C@@H]3CC[C@@H](C3)[C@@H]2C(=O)O)cc(C(=O)OCC)c1. The van der Waals surface area contributed by atoms with Crippen LogP contribution >= 0.6 is 0 Å². The predicted octanol–water partition coefficient (Wildman–Crippen LogP) is 2.73. The van der Waals surface area contributed by atoms with Gasteiger partial charge in [0.15, 0.2) is 0 Å². The molecule has 0 aromatic heterocycles. The molecule has 4 atom stereocenters. The van der Waals surface area contributed by atoms with Crippen LogP contribution in [0.1, 0.15) is 53.8 Å². The molecule has 8 nitrogen and oxygen atoms in total. The third-order valence-corrected chi connectivity index (χ3v) is 5.73. The van der Waals surface area contributed by atoms with Crippen molar-refractivity contribution in [3.05, 3.63) is 29.3 Å². The van der Waals surface area contributed by atoms with Crippen molar-refractivity contribution < 1.29 is 33.8 Å². The fourth-order valence-corrected chi connectivity index (χ4v) is 4.61. The van der Waals surface area contributed by atoms with Gasteiger partial charge in [-0.15, -0.1) is 0 Å². The van der Waals surface area contributed by atoms with E-state index in [2.05, 4.69) is 5.32 Å². The van der Waals surface area contributed by atoms with Crippen molar-refractivity contribution in [2.45, 2.75) is 33.1 Å². The van der Waals surface area contributed by atoms with E-state index in [0.29, 0.717) is 0 Å². The van der Waals surface area contributed by atoms with Crippen LogP contribution in [0.2, 0.25) is 0 Å². The Morgan fingerprint density at radius 3 is 1.93 bits per heavy atom. The van der Waals surface area contributed by atoms with Gasteiger partial charge in [-0.2, -0.15) is 0 Å². The third kappa shape index (κ3) is 4.26. The summed E-state index contributed by atoms with van der Waals surface area (Å²) in [5, 5.41) is 12.3. The first-order chi connectivity index (χ1) is 13.8. The Hall–Kier alpha value is -2.90. The zero-order valence-corrected chi connectivity index (χ0v) is 16.5. The molecule has 156 valence electrons.